The van der Waals surface area contributed by atoms with Crippen LogP contribution in [0.5, 0.6) is 0 Å². The molecule has 0 aromatic heterocycles. The second-order valence-corrected chi connectivity index (χ2v) is 3.91. The summed E-state index contributed by atoms with van der Waals surface area (Å²) in [6.07, 6.45) is -0.418. The highest BCUT2D eigenvalue weighted by Gasteiger charge is 2.32. The largest absolute Gasteiger partial charge is 0.481 e. The van der Waals surface area contributed by atoms with E-state index in [0.29, 0.717) is 0 Å². The normalized spacial score (nSPS) is 11.5. The summed E-state index contributed by atoms with van der Waals surface area (Å²) in [5.41, 5.74) is -0.948. The maximum absolute atomic E-state index is 11.3. The van der Waals surface area contributed by atoms with E-state index in [1.807, 2.05) is 0 Å². The van der Waals surface area contributed by atoms with E-state index in [1.54, 1.807) is 27.7 Å². The second kappa shape index (κ2) is 4.25. The molecule has 76 valence electrons. The number of hydrogen-bond acceptors (Lipinski definition) is 3. The summed E-state index contributed by atoms with van der Waals surface area (Å²) >= 11 is 0. The SMILES string of the molecule is CC(C)OC(=O)C(C)(C)CC(=O)O. The maximum atomic E-state index is 11.3. The summed E-state index contributed by atoms with van der Waals surface area (Å²) < 4.78 is 4.91. The molecule has 13 heavy (non-hydrogen) atoms. The van der Waals surface area contributed by atoms with Crippen molar-refractivity contribution in [3.63, 3.8) is 0 Å². The molecule has 0 aliphatic rings. The van der Waals surface area contributed by atoms with Crippen molar-refractivity contribution in [3.05, 3.63) is 0 Å². The summed E-state index contributed by atoms with van der Waals surface area (Å²) in [6.45, 7) is 6.58. The molecule has 0 saturated carbocycles. The van der Waals surface area contributed by atoms with Gasteiger partial charge in [0.25, 0.3) is 0 Å². The average Bonchev–Trinajstić information content (AvgIpc) is 1.81. The van der Waals surface area contributed by atoms with Crippen LogP contribution in [-0.4, -0.2) is 23.1 Å². The lowest BCUT2D eigenvalue weighted by Gasteiger charge is -2.21. The van der Waals surface area contributed by atoms with Crippen LogP contribution in [0.25, 0.3) is 0 Å². The van der Waals surface area contributed by atoms with Gasteiger partial charge < -0.3 is 9.84 Å². The van der Waals surface area contributed by atoms with Crippen molar-refractivity contribution >= 4 is 11.9 Å². The van der Waals surface area contributed by atoms with Crippen LogP contribution >= 0.6 is 0 Å². The highest BCUT2D eigenvalue weighted by Crippen LogP contribution is 2.22. The molecule has 0 radical (unpaired) electrons. The molecule has 0 saturated heterocycles. The number of esters is 1. The minimum Gasteiger partial charge on any atom is -0.481 e. The van der Waals surface area contributed by atoms with E-state index in [1.165, 1.54) is 0 Å². The van der Waals surface area contributed by atoms with Gasteiger partial charge in [-0.05, 0) is 27.7 Å². The number of carboxylic acid groups (broad SMARTS) is 1. The predicted octanol–water partition coefficient (Wildman–Crippen LogP) is 1.44. The molecule has 0 amide bonds. The smallest absolute Gasteiger partial charge is 0.312 e. The van der Waals surface area contributed by atoms with Gasteiger partial charge in [-0.3, -0.25) is 9.59 Å². The molecule has 0 aromatic rings. The topological polar surface area (TPSA) is 63.6 Å². The lowest BCUT2D eigenvalue weighted by atomic mass is 9.89. The molecule has 4 heteroatoms. The third-order valence-electron chi connectivity index (χ3n) is 1.49. The van der Waals surface area contributed by atoms with E-state index in [2.05, 4.69) is 0 Å². The highest BCUT2D eigenvalue weighted by molar-refractivity contribution is 5.82. The summed E-state index contributed by atoms with van der Waals surface area (Å²) in [5, 5.41) is 8.52. The van der Waals surface area contributed by atoms with Crippen molar-refractivity contribution in [2.45, 2.75) is 40.2 Å². The van der Waals surface area contributed by atoms with Gasteiger partial charge in [-0.2, -0.15) is 0 Å². The number of hydrogen-bond donors (Lipinski definition) is 1. The van der Waals surface area contributed by atoms with Crippen LogP contribution in [0.1, 0.15) is 34.1 Å². The Balaban J connectivity index is 4.27. The van der Waals surface area contributed by atoms with Gasteiger partial charge in [0.2, 0.25) is 0 Å². The van der Waals surface area contributed by atoms with Crippen LogP contribution in [0.2, 0.25) is 0 Å². The molecule has 0 spiro atoms. The Bertz CT molecular complexity index is 206. The highest BCUT2D eigenvalue weighted by atomic mass is 16.5. The fourth-order valence-electron chi connectivity index (χ4n) is 0.824. The molecular formula is C9H16O4. The first-order valence-electron chi connectivity index (χ1n) is 4.18. The quantitative estimate of drug-likeness (QED) is 0.678. The number of ether oxygens (including phenoxy) is 1. The number of aliphatic carboxylic acids is 1. The third kappa shape index (κ3) is 4.50. The Morgan fingerprint density at radius 1 is 1.38 bits per heavy atom. The molecule has 0 bridgehead atoms. The number of carbonyl (C=O) groups excluding carboxylic acids is 1. The van der Waals surface area contributed by atoms with Crippen LogP contribution in [0.3, 0.4) is 0 Å². The van der Waals surface area contributed by atoms with Crippen molar-refractivity contribution in [3.8, 4) is 0 Å². The van der Waals surface area contributed by atoms with Gasteiger partial charge >= 0.3 is 11.9 Å². The van der Waals surface area contributed by atoms with Crippen molar-refractivity contribution in [2.75, 3.05) is 0 Å². The molecule has 0 fully saturated rings. The third-order valence-corrected chi connectivity index (χ3v) is 1.49. The van der Waals surface area contributed by atoms with Crippen LogP contribution < -0.4 is 0 Å². The number of rotatable bonds is 4. The first-order chi connectivity index (χ1) is 5.75. The first kappa shape index (κ1) is 11.9. The Hall–Kier alpha value is -1.06. The zero-order valence-corrected chi connectivity index (χ0v) is 8.46. The zero-order valence-electron chi connectivity index (χ0n) is 8.46. The maximum Gasteiger partial charge on any atom is 0.312 e. The summed E-state index contributed by atoms with van der Waals surface area (Å²) in [6, 6.07) is 0. The van der Waals surface area contributed by atoms with Crippen molar-refractivity contribution in [2.24, 2.45) is 5.41 Å². The monoisotopic (exact) mass is 188 g/mol. The lowest BCUT2D eigenvalue weighted by molar-refractivity contribution is -0.162. The lowest BCUT2D eigenvalue weighted by Crippen LogP contribution is -2.31. The van der Waals surface area contributed by atoms with E-state index in [-0.39, 0.29) is 12.5 Å². The van der Waals surface area contributed by atoms with Crippen LogP contribution in [0.15, 0.2) is 0 Å². The molecule has 0 aliphatic heterocycles. The molecule has 0 atom stereocenters. The van der Waals surface area contributed by atoms with Crippen molar-refractivity contribution < 1.29 is 19.4 Å². The number of carbonyl (C=O) groups is 2. The van der Waals surface area contributed by atoms with Gasteiger partial charge in [-0.1, -0.05) is 0 Å². The van der Waals surface area contributed by atoms with E-state index in [9.17, 15) is 9.59 Å². The molecule has 4 nitrogen and oxygen atoms in total. The summed E-state index contributed by atoms with van der Waals surface area (Å²) in [5.74, 6) is -1.46. The van der Waals surface area contributed by atoms with Gasteiger partial charge in [0, 0.05) is 0 Å². The van der Waals surface area contributed by atoms with E-state index < -0.39 is 17.4 Å². The second-order valence-electron chi connectivity index (χ2n) is 3.91. The fraction of sp³-hybridized carbons (Fsp3) is 0.778. The minimum absolute atomic E-state index is 0.208. The summed E-state index contributed by atoms with van der Waals surface area (Å²) in [7, 11) is 0. The predicted molar refractivity (Wildman–Crippen MR) is 47.3 cm³/mol. The zero-order chi connectivity index (χ0) is 10.6. The van der Waals surface area contributed by atoms with Gasteiger partial charge in [-0.25, -0.2) is 0 Å². The van der Waals surface area contributed by atoms with Crippen molar-refractivity contribution in [1.29, 1.82) is 0 Å². The molecule has 0 heterocycles. The Morgan fingerprint density at radius 3 is 2.15 bits per heavy atom. The van der Waals surface area contributed by atoms with Gasteiger partial charge in [0.15, 0.2) is 0 Å². The van der Waals surface area contributed by atoms with Crippen molar-refractivity contribution in [1.82, 2.24) is 0 Å². The van der Waals surface area contributed by atoms with E-state index in [4.69, 9.17) is 9.84 Å². The van der Waals surface area contributed by atoms with Crippen LogP contribution in [0, 0.1) is 5.41 Å². The van der Waals surface area contributed by atoms with E-state index >= 15 is 0 Å². The van der Waals surface area contributed by atoms with Crippen LogP contribution in [0.4, 0.5) is 0 Å². The molecule has 0 rings (SSSR count). The molecular weight excluding hydrogens is 172 g/mol. The molecule has 0 aromatic carbocycles. The van der Waals surface area contributed by atoms with Gasteiger partial charge in [0.05, 0.1) is 17.9 Å². The molecule has 1 N–H and O–H groups in total. The standard InChI is InChI=1S/C9H16O4/c1-6(2)13-8(12)9(3,4)5-7(10)11/h6H,5H2,1-4H3,(H,10,11). The summed E-state index contributed by atoms with van der Waals surface area (Å²) in [4.78, 5) is 21.7. The van der Waals surface area contributed by atoms with Gasteiger partial charge in [-0.15, -0.1) is 0 Å². The molecule has 0 unspecified atom stereocenters. The Labute approximate surface area is 77.9 Å². The van der Waals surface area contributed by atoms with E-state index in [0.717, 1.165) is 0 Å². The minimum atomic E-state index is -0.995. The average molecular weight is 188 g/mol. The Morgan fingerprint density at radius 2 is 1.85 bits per heavy atom. The number of carboxylic acids is 1. The van der Waals surface area contributed by atoms with Gasteiger partial charge in [0.1, 0.15) is 0 Å². The molecule has 0 aliphatic carbocycles. The first-order valence-corrected chi connectivity index (χ1v) is 4.18. The Kier molecular flexibility index (Phi) is 3.91. The fourth-order valence-corrected chi connectivity index (χ4v) is 0.824. The van der Waals surface area contributed by atoms with Crippen LogP contribution in [-0.2, 0) is 14.3 Å².